The van der Waals surface area contributed by atoms with Gasteiger partial charge >= 0.3 is 6.03 Å². The Kier molecular flexibility index (Phi) is 8.57. The van der Waals surface area contributed by atoms with Gasteiger partial charge in [-0.1, -0.05) is 0 Å². The minimum absolute atomic E-state index is 0.0461. The van der Waals surface area contributed by atoms with Crippen molar-refractivity contribution in [2.75, 3.05) is 0 Å². The Morgan fingerprint density at radius 2 is 1.50 bits per heavy atom. The van der Waals surface area contributed by atoms with Crippen molar-refractivity contribution in [1.29, 1.82) is 0 Å². The van der Waals surface area contributed by atoms with Crippen molar-refractivity contribution in [3.63, 3.8) is 0 Å². The van der Waals surface area contributed by atoms with Crippen molar-refractivity contribution in [2.45, 2.75) is 91.3 Å². The van der Waals surface area contributed by atoms with E-state index >= 15 is 0 Å². The van der Waals surface area contributed by atoms with Crippen LogP contribution in [-0.2, 0) is 19.1 Å². The number of ether oxygens (including phenoxy) is 2. The molecule has 0 aliphatic carbocycles. The van der Waals surface area contributed by atoms with E-state index in [-0.39, 0.29) is 18.1 Å². The minimum atomic E-state index is -0.847. The lowest BCUT2D eigenvalue weighted by Crippen LogP contribution is -2.51. The lowest BCUT2D eigenvalue weighted by molar-refractivity contribution is -0.126. The standard InChI is InChI=1S/C17H32N2O5/c1-11(23-16(3,4)5)9-14(21)19-15(22)18-13(10-20)12(2)24-17(6,7)8/h10-13H,9H2,1-8H3,(H2,18,19,21,22). The molecule has 0 radical (unpaired) electrons. The summed E-state index contributed by atoms with van der Waals surface area (Å²) < 4.78 is 11.3. The highest BCUT2D eigenvalue weighted by Gasteiger charge is 2.25. The van der Waals surface area contributed by atoms with E-state index in [0.29, 0.717) is 6.29 Å². The quantitative estimate of drug-likeness (QED) is 0.690. The predicted molar refractivity (Wildman–Crippen MR) is 91.7 cm³/mol. The van der Waals surface area contributed by atoms with Crippen molar-refractivity contribution in [3.05, 3.63) is 0 Å². The zero-order valence-corrected chi connectivity index (χ0v) is 16.1. The van der Waals surface area contributed by atoms with E-state index in [1.165, 1.54) is 0 Å². The average molecular weight is 344 g/mol. The van der Waals surface area contributed by atoms with Gasteiger partial charge in [-0.15, -0.1) is 0 Å². The van der Waals surface area contributed by atoms with Gasteiger partial charge in [0.25, 0.3) is 0 Å². The van der Waals surface area contributed by atoms with Crippen LogP contribution in [0.4, 0.5) is 4.79 Å². The third-order valence-corrected chi connectivity index (χ3v) is 2.77. The van der Waals surface area contributed by atoms with Gasteiger partial charge in [0.2, 0.25) is 5.91 Å². The third-order valence-electron chi connectivity index (χ3n) is 2.77. The van der Waals surface area contributed by atoms with E-state index in [2.05, 4.69) is 10.6 Å². The molecule has 0 aromatic rings. The number of amides is 3. The number of carbonyl (C=O) groups is 3. The monoisotopic (exact) mass is 344 g/mol. The fourth-order valence-electron chi connectivity index (χ4n) is 2.16. The number of nitrogens with one attached hydrogen (secondary N) is 2. The fourth-order valence-corrected chi connectivity index (χ4v) is 2.16. The average Bonchev–Trinajstić information content (AvgIpc) is 2.30. The predicted octanol–water partition coefficient (Wildman–Crippen LogP) is 2.18. The van der Waals surface area contributed by atoms with E-state index < -0.39 is 29.7 Å². The second kappa shape index (κ2) is 9.13. The molecular formula is C17H32N2O5. The van der Waals surface area contributed by atoms with Crippen LogP contribution < -0.4 is 10.6 Å². The van der Waals surface area contributed by atoms with Crippen molar-refractivity contribution in [2.24, 2.45) is 0 Å². The zero-order valence-electron chi connectivity index (χ0n) is 16.1. The summed E-state index contributed by atoms with van der Waals surface area (Å²) in [5.41, 5.74) is -0.821. The van der Waals surface area contributed by atoms with Gasteiger partial charge in [0, 0.05) is 0 Å². The number of rotatable bonds is 7. The Morgan fingerprint density at radius 1 is 1.00 bits per heavy atom. The summed E-state index contributed by atoms with van der Waals surface area (Å²) in [6.45, 7) is 14.7. The lowest BCUT2D eigenvalue weighted by Gasteiger charge is -2.28. The molecule has 140 valence electrons. The van der Waals surface area contributed by atoms with Gasteiger partial charge in [-0.05, 0) is 55.4 Å². The second-order valence-electron chi connectivity index (χ2n) is 7.86. The van der Waals surface area contributed by atoms with Crippen LogP contribution in [0.3, 0.4) is 0 Å². The van der Waals surface area contributed by atoms with Gasteiger partial charge in [-0.25, -0.2) is 4.79 Å². The molecule has 3 unspecified atom stereocenters. The molecule has 3 atom stereocenters. The number of hydrogen-bond acceptors (Lipinski definition) is 5. The summed E-state index contributed by atoms with van der Waals surface area (Å²) in [5.74, 6) is -0.474. The van der Waals surface area contributed by atoms with Crippen molar-refractivity contribution in [1.82, 2.24) is 10.6 Å². The van der Waals surface area contributed by atoms with E-state index in [9.17, 15) is 14.4 Å². The van der Waals surface area contributed by atoms with Crippen LogP contribution in [0.25, 0.3) is 0 Å². The van der Waals surface area contributed by atoms with Gasteiger partial charge in [-0.3, -0.25) is 10.1 Å². The molecule has 7 nitrogen and oxygen atoms in total. The van der Waals surface area contributed by atoms with E-state index in [0.717, 1.165) is 0 Å². The maximum absolute atomic E-state index is 11.9. The summed E-state index contributed by atoms with van der Waals surface area (Å²) in [6.07, 6.45) is -0.217. The molecule has 0 fully saturated rings. The summed E-state index contributed by atoms with van der Waals surface area (Å²) in [5, 5.41) is 4.63. The van der Waals surface area contributed by atoms with Gasteiger partial charge in [-0.2, -0.15) is 0 Å². The summed E-state index contributed by atoms with van der Waals surface area (Å²) in [6, 6.07) is -1.58. The highest BCUT2D eigenvalue weighted by atomic mass is 16.5. The molecule has 0 saturated heterocycles. The SMILES string of the molecule is CC(CC(=O)NC(=O)NC(C=O)C(C)OC(C)(C)C)OC(C)(C)C. The molecule has 0 bridgehead atoms. The van der Waals surface area contributed by atoms with Crippen LogP contribution in [0.15, 0.2) is 0 Å². The Hall–Kier alpha value is -1.47. The number of aldehydes is 1. The first-order valence-electron chi connectivity index (χ1n) is 8.15. The molecule has 0 aliphatic heterocycles. The summed E-state index contributed by atoms with van der Waals surface area (Å²) >= 11 is 0. The number of hydrogen-bond donors (Lipinski definition) is 2. The van der Waals surface area contributed by atoms with E-state index in [4.69, 9.17) is 9.47 Å². The lowest BCUT2D eigenvalue weighted by atomic mass is 10.1. The maximum Gasteiger partial charge on any atom is 0.322 e. The largest absolute Gasteiger partial charge is 0.372 e. The second-order valence-corrected chi connectivity index (χ2v) is 7.86. The van der Waals surface area contributed by atoms with Crippen LogP contribution in [0.2, 0.25) is 0 Å². The Balaban J connectivity index is 4.44. The highest BCUT2D eigenvalue weighted by molar-refractivity contribution is 5.95. The molecule has 0 heterocycles. The molecule has 3 amide bonds. The number of urea groups is 1. The van der Waals surface area contributed by atoms with Crippen LogP contribution in [0.5, 0.6) is 0 Å². The number of imide groups is 1. The smallest absolute Gasteiger partial charge is 0.322 e. The molecular weight excluding hydrogens is 312 g/mol. The third kappa shape index (κ3) is 11.1. The molecule has 0 aromatic carbocycles. The molecule has 0 saturated carbocycles. The van der Waals surface area contributed by atoms with Gasteiger partial charge in [0.1, 0.15) is 12.3 Å². The van der Waals surface area contributed by atoms with E-state index in [1.54, 1.807) is 13.8 Å². The Bertz CT molecular complexity index is 437. The first-order valence-corrected chi connectivity index (χ1v) is 8.15. The first kappa shape index (κ1) is 22.5. The van der Waals surface area contributed by atoms with Crippen LogP contribution in [0, 0.1) is 0 Å². The fraction of sp³-hybridized carbons (Fsp3) is 0.824. The summed E-state index contributed by atoms with van der Waals surface area (Å²) in [7, 11) is 0. The van der Waals surface area contributed by atoms with Gasteiger partial charge < -0.3 is 19.6 Å². The Labute approximate surface area is 144 Å². The molecule has 0 aromatic heterocycles. The maximum atomic E-state index is 11.9. The Morgan fingerprint density at radius 3 is 1.92 bits per heavy atom. The molecule has 0 aliphatic rings. The van der Waals surface area contributed by atoms with Crippen molar-refractivity contribution >= 4 is 18.2 Å². The summed E-state index contributed by atoms with van der Waals surface area (Å²) in [4.78, 5) is 34.9. The topological polar surface area (TPSA) is 93.7 Å². The van der Waals surface area contributed by atoms with Crippen LogP contribution >= 0.6 is 0 Å². The van der Waals surface area contributed by atoms with Crippen LogP contribution in [-0.4, -0.2) is 47.7 Å². The highest BCUT2D eigenvalue weighted by Crippen LogP contribution is 2.13. The molecule has 0 rings (SSSR count). The number of carbonyl (C=O) groups excluding carboxylic acids is 3. The minimum Gasteiger partial charge on any atom is -0.372 e. The van der Waals surface area contributed by atoms with Gasteiger partial charge in [0.05, 0.1) is 29.8 Å². The zero-order chi connectivity index (χ0) is 19.1. The van der Waals surface area contributed by atoms with Crippen LogP contribution in [0.1, 0.15) is 61.8 Å². The van der Waals surface area contributed by atoms with Gasteiger partial charge in [0.15, 0.2) is 0 Å². The first-order chi connectivity index (χ1) is 10.7. The van der Waals surface area contributed by atoms with E-state index in [1.807, 2.05) is 41.5 Å². The molecule has 0 spiro atoms. The molecule has 7 heteroatoms. The van der Waals surface area contributed by atoms with Crippen molar-refractivity contribution < 1.29 is 23.9 Å². The normalized spacial score (nSPS) is 16.0. The molecule has 24 heavy (non-hydrogen) atoms. The molecule has 2 N–H and O–H groups in total. The van der Waals surface area contributed by atoms with Crippen molar-refractivity contribution in [3.8, 4) is 0 Å².